The van der Waals surface area contributed by atoms with Gasteiger partial charge in [-0.15, -0.1) is 0 Å². The molecule has 2 aromatic rings. The normalized spacial score (nSPS) is 31.7. The van der Waals surface area contributed by atoms with Gasteiger partial charge in [-0.2, -0.15) is 0 Å². The van der Waals surface area contributed by atoms with Crippen molar-refractivity contribution in [2.45, 2.75) is 37.8 Å². The number of hydrogen-bond donors (Lipinski definition) is 2. The average Bonchev–Trinajstić information content (AvgIpc) is 2.85. The SMILES string of the molecule is CC1CN(c2cc3c(cc2F)c(=O)c(C(=O)O)cn3C23CC(C2)C3)CC1N. The van der Waals surface area contributed by atoms with Crippen LogP contribution in [0.2, 0.25) is 0 Å². The van der Waals surface area contributed by atoms with E-state index in [1.54, 1.807) is 6.07 Å². The predicted molar refractivity (Wildman–Crippen MR) is 99.8 cm³/mol. The number of rotatable bonds is 3. The highest BCUT2D eigenvalue weighted by atomic mass is 19.1. The van der Waals surface area contributed by atoms with Crippen LogP contribution >= 0.6 is 0 Å². The van der Waals surface area contributed by atoms with Crippen LogP contribution in [0, 0.1) is 17.7 Å². The summed E-state index contributed by atoms with van der Waals surface area (Å²) in [5, 5.41) is 9.58. The van der Waals surface area contributed by atoms with Crippen LogP contribution in [0.4, 0.5) is 10.1 Å². The summed E-state index contributed by atoms with van der Waals surface area (Å²) in [5.41, 5.74) is 6.11. The first-order valence-corrected chi connectivity index (χ1v) is 9.42. The standard InChI is InChI=1S/C20H22FN3O3/c1-10-7-23(9-15(10)22)17-3-16-12(2-14(17)21)18(25)13(19(26)27)8-24(16)20-4-11(5-20)6-20/h2-3,8,10-11,15H,4-7,9,22H2,1H3,(H,26,27). The molecule has 4 aliphatic rings. The van der Waals surface area contributed by atoms with Gasteiger partial charge >= 0.3 is 5.97 Å². The Morgan fingerprint density at radius 1 is 1.30 bits per heavy atom. The molecule has 0 radical (unpaired) electrons. The van der Waals surface area contributed by atoms with E-state index >= 15 is 0 Å². The second-order valence-electron chi connectivity index (χ2n) is 8.62. The van der Waals surface area contributed by atoms with Crippen molar-refractivity contribution < 1.29 is 14.3 Å². The quantitative estimate of drug-likeness (QED) is 0.863. The highest BCUT2D eigenvalue weighted by Crippen LogP contribution is 2.62. The van der Waals surface area contributed by atoms with E-state index in [1.165, 1.54) is 12.3 Å². The average molecular weight is 371 g/mol. The fourth-order valence-corrected chi connectivity index (χ4v) is 5.04. The summed E-state index contributed by atoms with van der Waals surface area (Å²) in [6, 6.07) is 2.90. The number of anilines is 1. The van der Waals surface area contributed by atoms with Gasteiger partial charge in [0, 0.05) is 36.3 Å². The first kappa shape index (κ1) is 16.7. The lowest BCUT2D eigenvalue weighted by atomic mass is 9.49. The van der Waals surface area contributed by atoms with Gasteiger partial charge in [0.1, 0.15) is 11.4 Å². The van der Waals surface area contributed by atoms with Crippen molar-refractivity contribution in [2.24, 2.45) is 17.6 Å². The number of carbonyl (C=O) groups is 1. The maximum atomic E-state index is 14.9. The molecule has 2 bridgehead atoms. The fourth-order valence-electron chi connectivity index (χ4n) is 5.04. The number of aromatic nitrogens is 1. The third kappa shape index (κ3) is 2.21. The maximum absolute atomic E-state index is 14.9. The Morgan fingerprint density at radius 2 is 2.00 bits per heavy atom. The Morgan fingerprint density at radius 3 is 2.52 bits per heavy atom. The van der Waals surface area contributed by atoms with Crippen LogP contribution in [-0.2, 0) is 5.54 Å². The van der Waals surface area contributed by atoms with Crippen molar-refractivity contribution in [2.75, 3.05) is 18.0 Å². The molecule has 3 N–H and O–H groups in total. The number of aromatic carboxylic acids is 1. The number of fused-ring (bicyclic) bond motifs is 1. The molecule has 4 fully saturated rings. The lowest BCUT2D eigenvalue weighted by molar-refractivity contribution is -0.0860. The number of pyridine rings is 1. The summed E-state index contributed by atoms with van der Waals surface area (Å²) in [6.07, 6.45) is 4.43. The van der Waals surface area contributed by atoms with Gasteiger partial charge in [-0.05, 0) is 43.2 Å². The molecule has 2 atom stereocenters. The van der Waals surface area contributed by atoms with Crippen molar-refractivity contribution >= 4 is 22.6 Å². The molecular formula is C20H22FN3O3. The van der Waals surface area contributed by atoms with E-state index in [0.29, 0.717) is 30.2 Å². The summed E-state index contributed by atoms with van der Waals surface area (Å²) in [5.74, 6) is -0.835. The molecular weight excluding hydrogens is 349 g/mol. The summed E-state index contributed by atoms with van der Waals surface area (Å²) < 4.78 is 16.8. The highest BCUT2D eigenvalue weighted by molar-refractivity contribution is 5.93. The summed E-state index contributed by atoms with van der Waals surface area (Å²) in [7, 11) is 0. The molecule has 3 saturated carbocycles. The molecule has 7 heteroatoms. The first-order valence-electron chi connectivity index (χ1n) is 9.42. The minimum Gasteiger partial charge on any atom is -0.477 e. The molecule has 6 nitrogen and oxygen atoms in total. The minimum absolute atomic E-state index is 0.0192. The Bertz CT molecular complexity index is 1020. The van der Waals surface area contributed by atoms with E-state index in [2.05, 4.69) is 0 Å². The number of nitrogens with two attached hydrogens (primary N) is 1. The number of benzene rings is 1. The van der Waals surface area contributed by atoms with Crippen molar-refractivity contribution in [1.29, 1.82) is 0 Å². The Hall–Kier alpha value is -2.41. The monoisotopic (exact) mass is 371 g/mol. The molecule has 1 saturated heterocycles. The van der Waals surface area contributed by atoms with Gasteiger partial charge in [-0.25, -0.2) is 9.18 Å². The molecule has 0 amide bonds. The predicted octanol–water partition coefficient (Wildman–Crippen LogP) is 2.13. The molecule has 2 heterocycles. The smallest absolute Gasteiger partial charge is 0.341 e. The summed E-state index contributed by atoms with van der Waals surface area (Å²) in [4.78, 5) is 26.2. The minimum atomic E-state index is -1.27. The molecule has 6 rings (SSSR count). The van der Waals surface area contributed by atoms with E-state index in [-0.39, 0.29) is 28.4 Å². The molecule has 27 heavy (non-hydrogen) atoms. The van der Waals surface area contributed by atoms with Gasteiger partial charge in [-0.3, -0.25) is 4.79 Å². The van der Waals surface area contributed by atoms with Crippen molar-refractivity contribution in [3.63, 3.8) is 0 Å². The zero-order valence-electron chi connectivity index (χ0n) is 15.1. The van der Waals surface area contributed by atoms with E-state index in [1.807, 2.05) is 16.4 Å². The summed E-state index contributed by atoms with van der Waals surface area (Å²) >= 11 is 0. The van der Waals surface area contributed by atoms with Gasteiger partial charge in [0.05, 0.1) is 11.2 Å². The molecule has 1 aromatic carbocycles. The van der Waals surface area contributed by atoms with Gasteiger partial charge < -0.3 is 20.3 Å². The summed E-state index contributed by atoms with van der Waals surface area (Å²) in [6.45, 7) is 3.27. The lowest BCUT2D eigenvalue weighted by Crippen LogP contribution is -2.59. The molecule has 3 aliphatic carbocycles. The number of carboxylic acid groups (broad SMARTS) is 1. The molecule has 1 aromatic heterocycles. The Labute approximate surface area is 155 Å². The molecule has 142 valence electrons. The Balaban J connectivity index is 1.74. The van der Waals surface area contributed by atoms with Crippen LogP contribution in [0.3, 0.4) is 0 Å². The van der Waals surface area contributed by atoms with Crippen LogP contribution in [0.25, 0.3) is 10.9 Å². The van der Waals surface area contributed by atoms with Crippen molar-refractivity contribution in [3.8, 4) is 0 Å². The van der Waals surface area contributed by atoms with E-state index < -0.39 is 17.2 Å². The van der Waals surface area contributed by atoms with Crippen molar-refractivity contribution in [3.05, 3.63) is 39.9 Å². The highest BCUT2D eigenvalue weighted by Gasteiger charge is 2.58. The lowest BCUT2D eigenvalue weighted by Gasteiger charge is -2.63. The van der Waals surface area contributed by atoms with Crippen LogP contribution in [0.1, 0.15) is 36.5 Å². The second-order valence-corrected chi connectivity index (χ2v) is 8.62. The van der Waals surface area contributed by atoms with Gasteiger partial charge in [0.25, 0.3) is 0 Å². The topological polar surface area (TPSA) is 88.6 Å². The van der Waals surface area contributed by atoms with E-state index in [4.69, 9.17) is 5.73 Å². The third-order valence-electron chi connectivity index (χ3n) is 6.83. The first-order chi connectivity index (χ1) is 12.8. The number of nitrogens with zero attached hydrogens (tertiary/aromatic N) is 2. The van der Waals surface area contributed by atoms with Crippen LogP contribution in [0.5, 0.6) is 0 Å². The van der Waals surface area contributed by atoms with Crippen LogP contribution < -0.4 is 16.1 Å². The zero-order valence-corrected chi connectivity index (χ0v) is 15.1. The third-order valence-corrected chi connectivity index (χ3v) is 6.83. The number of carboxylic acids is 1. The Kier molecular flexibility index (Phi) is 3.30. The maximum Gasteiger partial charge on any atom is 0.341 e. The van der Waals surface area contributed by atoms with Gasteiger partial charge in [-0.1, -0.05) is 6.92 Å². The van der Waals surface area contributed by atoms with Crippen molar-refractivity contribution in [1.82, 2.24) is 4.57 Å². The second kappa shape index (κ2) is 5.32. The largest absolute Gasteiger partial charge is 0.477 e. The van der Waals surface area contributed by atoms with E-state index in [9.17, 15) is 19.1 Å². The number of hydrogen-bond acceptors (Lipinski definition) is 4. The van der Waals surface area contributed by atoms with Crippen LogP contribution in [-0.4, -0.2) is 34.8 Å². The molecule has 1 aliphatic heterocycles. The zero-order chi connectivity index (χ0) is 19.1. The molecule has 2 unspecified atom stereocenters. The van der Waals surface area contributed by atoms with Gasteiger partial charge in [0.2, 0.25) is 5.43 Å². The fraction of sp³-hybridized carbons (Fsp3) is 0.500. The van der Waals surface area contributed by atoms with Crippen LogP contribution in [0.15, 0.2) is 23.1 Å². The number of halogens is 1. The molecule has 0 spiro atoms. The van der Waals surface area contributed by atoms with Gasteiger partial charge in [0.15, 0.2) is 0 Å². The van der Waals surface area contributed by atoms with E-state index in [0.717, 1.165) is 19.3 Å².